The Hall–Kier alpha value is -1.69. The van der Waals surface area contributed by atoms with E-state index in [2.05, 4.69) is 5.32 Å². The van der Waals surface area contributed by atoms with E-state index in [0.29, 0.717) is 0 Å². The summed E-state index contributed by atoms with van der Waals surface area (Å²) in [5.41, 5.74) is 1.01. The third-order valence-electron chi connectivity index (χ3n) is 1.52. The maximum atomic E-state index is 8.31. The van der Waals surface area contributed by atoms with Gasteiger partial charge in [-0.3, -0.25) is 0 Å². The molecule has 0 saturated carbocycles. The molecule has 0 saturated heterocycles. The van der Waals surface area contributed by atoms with E-state index in [0.717, 1.165) is 18.0 Å². The minimum absolute atomic E-state index is 0.0928. The monoisotopic (exact) mass is 176 g/mol. The summed E-state index contributed by atoms with van der Waals surface area (Å²) in [4.78, 5) is 0. The van der Waals surface area contributed by atoms with E-state index >= 15 is 0 Å². The van der Waals surface area contributed by atoms with Crippen LogP contribution in [-0.2, 0) is 0 Å². The highest BCUT2D eigenvalue weighted by Crippen LogP contribution is 2.16. The van der Waals surface area contributed by atoms with Gasteiger partial charge >= 0.3 is 0 Å². The fourth-order valence-corrected chi connectivity index (χ4v) is 1.02. The van der Waals surface area contributed by atoms with Crippen molar-refractivity contribution >= 4 is 5.69 Å². The number of hydrogen-bond acceptors (Lipinski definition) is 3. The Morgan fingerprint density at radius 2 is 2.38 bits per heavy atom. The molecule has 0 spiro atoms. The van der Waals surface area contributed by atoms with Gasteiger partial charge in [0.05, 0.1) is 0 Å². The fraction of sp³-hybridized carbons (Fsp3) is 0.300. The summed E-state index contributed by atoms with van der Waals surface area (Å²) in [6.45, 7) is 3.00. The molecular formula is C10H12N2O. The minimum atomic E-state index is 0.0928. The number of nitrogens with zero attached hydrogens (tertiary/aromatic N) is 1. The zero-order valence-electron chi connectivity index (χ0n) is 7.58. The second-order valence-electron chi connectivity index (χ2n) is 2.50. The fourth-order valence-electron chi connectivity index (χ4n) is 1.02. The van der Waals surface area contributed by atoms with Gasteiger partial charge in [0, 0.05) is 18.3 Å². The first-order chi connectivity index (χ1) is 6.36. The van der Waals surface area contributed by atoms with Crippen molar-refractivity contribution in [3.8, 4) is 11.8 Å². The van der Waals surface area contributed by atoms with Crippen LogP contribution in [0.4, 0.5) is 5.69 Å². The number of anilines is 1. The first-order valence-corrected chi connectivity index (χ1v) is 4.20. The number of ether oxygens (including phenoxy) is 1. The van der Waals surface area contributed by atoms with Crippen molar-refractivity contribution in [1.82, 2.24) is 0 Å². The third kappa shape index (κ3) is 3.04. The van der Waals surface area contributed by atoms with Gasteiger partial charge in [0.1, 0.15) is 11.8 Å². The molecule has 0 bridgehead atoms. The van der Waals surface area contributed by atoms with Gasteiger partial charge in [-0.25, -0.2) is 0 Å². The lowest BCUT2D eigenvalue weighted by molar-refractivity contribution is 0.368. The van der Waals surface area contributed by atoms with E-state index in [4.69, 9.17) is 10.00 Å². The molecule has 3 nitrogen and oxygen atoms in total. The van der Waals surface area contributed by atoms with E-state index in [1.807, 2.05) is 37.3 Å². The van der Waals surface area contributed by atoms with Crippen LogP contribution in [0.2, 0.25) is 0 Å². The molecule has 0 radical (unpaired) electrons. The van der Waals surface area contributed by atoms with E-state index in [1.54, 1.807) is 0 Å². The molecule has 0 unspecified atom stereocenters. The van der Waals surface area contributed by atoms with Crippen molar-refractivity contribution in [2.24, 2.45) is 0 Å². The molecule has 1 aromatic rings. The van der Waals surface area contributed by atoms with Crippen LogP contribution in [0.15, 0.2) is 24.3 Å². The summed E-state index contributed by atoms with van der Waals surface area (Å²) in [5, 5.41) is 11.5. The minimum Gasteiger partial charge on any atom is -0.479 e. The molecule has 1 rings (SSSR count). The molecule has 1 aromatic carbocycles. The molecule has 0 amide bonds. The van der Waals surface area contributed by atoms with Crippen LogP contribution in [0.25, 0.3) is 0 Å². The third-order valence-corrected chi connectivity index (χ3v) is 1.52. The Balaban J connectivity index is 2.63. The van der Waals surface area contributed by atoms with Gasteiger partial charge < -0.3 is 10.1 Å². The molecule has 0 aliphatic carbocycles. The normalized spacial score (nSPS) is 8.92. The Morgan fingerprint density at radius 1 is 1.54 bits per heavy atom. The first kappa shape index (κ1) is 9.40. The zero-order valence-corrected chi connectivity index (χ0v) is 7.58. The highest BCUT2D eigenvalue weighted by Gasteiger charge is 1.94. The Labute approximate surface area is 77.9 Å². The van der Waals surface area contributed by atoms with Gasteiger partial charge in [0.2, 0.25) is 0 Å². The largest absolute Gasteiger partial charge is 0.479 e. The molecule has 0 heterocycles. The Kier molecular flexibility index (Phi) is 3.65. The summed E-state index contributed by atoms with van der Waals surface area (Å²) in [6.07, 6.45) is 0. The molecule has 0 aromatic heterocycles. The highest BCUT2D eigenvalue weighted by molar-refractivity contribution is 5.47. The van der Waals surface area contributed by atoms with Gasteiger partial charge in [-0.15, -0.1) is 0 Å². The standard InChI is InChI=1S/C10H12N2O/c1-2-12-9-4-3-5-10(8-9)13-7-6-11/h3-5,8,12H,2,7H2,1H3. The number of rotatable bonds is 4. The van der Waals surface area contributed by atoms with E-state index < -0.39 is 0 Å². The second kappa shape index (κ2) is 5.04. The predicted molar refractivity (Wildman–Crippen MR) is 51.7 cm³/mol. The summed E-state index contributed by atoms with van der Waals surface area (Å²) >= 11 is 0. The average Bonchev–Trinajstić information content (AvgIpc) is 2.16. The predicted octanol–water partition coefficient (Wildman–Crippen LogP) is 2.02. The summed E-state index contributed by atoms with van der Waals surface area (Å²) in [5.74, 6) is 0.722. The van der Waals surface area contributed by atoms with Crippen LogP contribution in [0.5, 0.6) is 5.75 Å². The molecule has 0 aliphatic rings. The molecule has 0 aliphatic heterocycles. The molecule has 13 heavy (non-hydrogen) atoms. The van der Waals surface area contributed by atoms with Gasteiger partial charge in [-0.1, -0.05) is 6.07 Å². The van der Waals surface area contributed by atoms with Crippen LogP contribution >= 0.6 is 0 Å². The highest BCUT2D eigenvalue weighted by atomic mass is 16.5. The molecular weight excluding hydrogens is 164 g/mol. The average molecular weight is 176 g/mol. The molecule has 68 valence electrons. The van der Waals surface area contributed by atoms with Crippen LogP contribution < -0.4 is 10.1 Å². The SMILES string of the molecule is CCNc1cccc(OCC#N)c1. The maximum Gasteiger partial charge on any atom is 0.174 e. The van der Waals surface area contributed by atoms with Crippen molar-refractivity contribution in [3.63, 3.8) is 0 Å². The molecule has 3 heteroatoms. The number of nitrogens with one attached hydrogen (secondary N) is 1. The van der Waals surface area contributed by atoms with E-state index in [1.165, 1.54) is 0 Å². The first-order valence-electron chi connectivity index (χ1n) is 4.20. The van der Waals surface area contributed by atoms with Crippen LogP contribution in [0.1, 0.15) is 6.92 Å². The van der Waals surface area contributed by atoms with Crippen molar-refractivity contribution < 1.29 is 4.74 Å². The van der Waals surface area contributed by atoms with Gasteiger partial charge in [-0.2, -0.15) is 5.26 Å². The lowest BCUT2D eigenvalue weighted by atomic mass is 10.3. The van der Waals surface area contributed by atoms with E-state index in [9.17, 15) is 0 Å². The van der Waals surface area contributed by atoms with Gasteiger partial charge in [0.25, 0.3) is 0 Å². The zero-order chi connectivity index (χ0) is 9.52. The lowest BCUT2D eigenvalue weighted by Crippen LogP contribution is -1.98. The second-order valence-corrected chi connectivity index (χ2v) is 2.50. The maximum absolute atomic E-state index is 8.31. The smallest absolute Gasteiger partial charge is 0.174 e. The molecule has 0 fully saturated rings. The van der Waals surface area contributed by atoms with Crippen LogP contribution in [0, 0.1) is 11.3 Å². The van der Waals surface area contributed by atoms with Crippen molar-refractivity contribution in [1.29, 1.82) is 5.26 Å². The summed E-state index contributed by atoms with van der Waals surface area (Å²) in [7, 11) is 0. The van der Waals surface area contributed by atoms with Gasteiger partial charge in [0.15, 0.2) is 6.61 Å². The molecule has 1 N–H and O–H groups in total. The van der Waals surface area contributed by atoms with E-state index in [-0.39, 0.29) is 6.61 Å². The van der Waals surface area contributed by atoms with Gasteiger partial charge in [-0.05, 0) is 19.1 Å². The van der Waals surface area contributed by atoms with Crippen molar-refractivity contribution in [2.45, 2.75) is 6.92 Å². The number of hydrogen-bond donors (Lipinski definition) is 1. The number of benzene rings is 1. The van der Waals surface area contributed by atoms with Crippen molar-refractivity contribution in [3.05, 3.63) is 24.3 Å². The van der Waals surface area contributed by atoms with Crippen molar-refractivity contribution in [2.75, 3.05) is 18.5 Å². The Morgan fingerprint density at radius 3 is 3.08 bits per heavy atom. The Bertz CT molecular complexity index is 304. The number of nitriles is 1. The van der Waals surface area contributed by atoms with Crippen LogP contribution in [-0.4, -0.2) is 13.2 Å². The molecule has 0 atom stereocenters. The van der Waals surface area contributed by atoms with Crippen LogP contribution in [0.3, 0.4) is 0 Å². The lowest BCUT2D eigenvalue weighted by Gasteiger charge is -2.05. The summed E-state index contributed by atoms with van der Waals surface area (Å²) in [6, 6.07) is 9.49. The topological polar surface area (TPSA) is 45.0 Å². The summed E-state index contributed by atoms with van der Waals surface area (Å²) < 4.78 is 5.14. The quantitative estimate of drug-likeness (QED) is 0.763.